The smallest absolute Gasteiger partial charge is 0.131 e. The SMILES string of the molecule is Cn1cc(C2(C)CN(c3ccnc(Cl)c3)CCO2)cn1. The quantitative estimate of drug-likeness (QED) is 0.796. The Hall–Kier alpha value is -1.59. The van der Waals surface area contributed by atoms with Gasteiger partial charge in [0.05, 0.1) is 19.3 Å². The fraction of sp³-hybridized carbons (Fsp3) is 0.429. The van der Waals surface area contributed by atoms with Crippen LogP contribution < -0.4 is 4.90 Å². The Morgan fingerprint density at radius 3 is 3.00 bits per heavy atom. The van der Waals surface area contributed by atoms with Crippen LogP contribution in [-0.2, 0) is 17.4 Å². The van der Waals surface area contributed by atoms with Crippen molar-refractivity contribution in [2.24, 2.45) is 7.05 Å². The monoisotopic (exact) mass is 292 g/mol. The molecule has 3 heterocycles. The van der Waals surface area contributed by atoms with Gasteiger partial charge in [0.15, 0.2) is 0 Å². The number of rotatable bonds is 2. The van der Waals surface area contributed by atoms with Gasteiger partial charge in [-0.1, -0.05) is 11.6 Å². The van der Waals surface area contributed by atoms with Gasteiger partial charge in [-0.2, -0.15) is 5.10 Å². The molecule has 0 aromatic carbocycles. The maximum absolute atomic E-state index is 6.00. The normalized spacial score (nSPS) is 23.1. The number of ether oxygens (including phenoxy) is 1. The lowest BCUT2D eigenvalue weighted by Gasteiger charge is -2.41. The molecule has 0 amide bonds. The number of morpholine rings is 1. The van der Waals surface area contributed by atoms with E-state index in [0.717, 1.165) is 24.3 Å². The fourth-order valence-corrected chi connectivity index (χ4v) is 2.72. The van der Waals surface area contributed by atoms with Crippen LogP contribution in [0.2, 0.25) is 5.15 Å². The first kappa shape index (κ1) is 13.4. The molecule has 3 rings (SSSR count). The number of aryl methyl sites for hydroxylation is 1. The van der Waals surface area contributed by atoms with Crippen molar-refractivity contribution in [3.63, 3.8) is 0 Å². The van der Waals surface area contributed by atoms with Gasteiger partial charge >= 0.3 is 0 Å². The molecule has 1 aliphatic rings. The maximum Gasteiger partial charge on any atom is 0.131 e. The topological polar surface area (TPSA) is 43.2 Å². The van der Waals surface area contributed by atoms with E-state index in [4.69, 9.17) is 16.3 Å². The molecule has 2 aromatic rings. The van der Waals surface area contributed by atoms with Gasteiger partial charge in [0, 0.05) is 37.2 Å². The molecule has 0 spiro atoms. The first-order chi connectivity index (χ1) is 9.57. The summed E-state index contributed by atoms with van der Waals surface area (Å²) in [4.78, 5) is 6.29. The first-order valence-corrected chi connectivity index (χ1v) is 6.94. The highest BCUT2D eigenvalue weighted by Gasteiger charge is 2.35. The van der Waals surface area contributed by atoms with Crippen LogP contribution in [-0.4, -0.2) is 34.5 Å². The average molecular weight is 293 g/mol. The Labute approximate surface area is 123 Å². The highest BCUT2D eigenvalue weighted by Crippen LogP contribution is 2.31. The molecule has 1 aliphatic heterocycles. The highest BCUT2D eigenvalue weighted by atomic mass is 35.5. The number of nitrogens with zero attached hydrogens (tertiary/aromatic N) is 4. The van der Waals surface area contributed by atoms with Crippen LogP contribution >= 0.6 is 11.6 Å². The molecule has 2 aromatic heterocycles. The van der Waals surface area contributed by atoms with Gasteiger partial charge in [-0.3, -0.25) is 4.68 Å². The summed E-state index contributed by atoms with van der Waals surface area (Å²) in [7, 11) is 1.91. The summed E-state index contributed by atoms with van der Waals surface area (Å²) >= 11 is 5.97. The summed E-state index contributed by atoms with van der Waals surface area (Å²) in [6.45, 7) is 4.37. The van der Waals surface area contributed by atoms with Gasteiger partial charge in [-0.25, -0.2) is 4.98 Å². The van der Waals surface area contributed by atoms with Crippen LogP contribution in [0.3, 0.4) is 0 Å². The second-order valence-electron chi connectivity index (χ2n) is 5.24. The third-order valence-electron chi connectivity index (χ3n) is 3.67. The van der Waals surface area contributed by atoms with Crippen LogP contribution in [0, 0.1) is 0 Å². The third kappa shape index (κ3) is 2.51. The molecule has 1 atom stereocenters. The molecule has 0 saturated carbocycles. The van der Waals surface area contributed by atoms with Crippen molar-refractivity contribution in [2.75, 3.05) is 24.6 Å². The number of halogens is 1. The molecule has 0 N–H and O–H groups in total. The second kappa shape index (κ2) is 5.07. The minimum absolute atomic E-state index is 0.359. The standard InChI is InChI=1S/C14H17ClN4O/c1-14(11-8-17-18(2)9-11)10-19(5-6-20-14)12-3-4-16-13(15)7-12/h3-4,7-9H,5-6,10H2,1-2H3. The molecule has 1 saturated heterocycles. The molecular formula is C14H17ClN4O. The van der Waals surface area contributed by atoms with E-state index in [2.05, 4.69) is 21.9 Å². The van der Waals surface area contributed by atoms with Crippen LogP contribution in [0.4, 0.5) is 5.69 Å². The molecule has 0 bridgehead atoms. The minimum atomic E-state index is -0.359. The molecule has 1 fully saturated rings. The van der Waals surface area contributed by atoms with Crippen molar-refractivity contribution in [2.45, 2.75) is 12.5 Å². The lowest BCUT2D eigenvalue weighted by Crippen LogP contribution is -2.48. The Morgan fingerprint density at radius 2 is 2.30 bits per heavy atom. The van der Waals surface area contributed by atoms with Gasteiger partial charge in [0.1, 0.15) is 10.8 Å². The largest absolute Gasteiger partial charge is 0.367 e. The zero-order valence-corrected chi connectivity index (χ0v) is 12.3. The highest BCUT2D eigenvalue weighted by molar-refractivity contribution is 6.29. The predicted molar refractivity (Wildman–Crippen MR) is 78.0 cm³/mol. The second-order valence-corrected chi connectivity index (χ2v) is 5.63. The van der Waals surface area contributed by atoms with E-state index in [1.807, 2.05) is 31.6 Å². The summed E-state index contributed by atoms with van der Waals surface area (Å²) in [6.07, 6.45) is 5.60. The lowest BCUT2D eigenvalue weighted by molar-refractivity contribution is -0.0466. The van der Waals surface area contributed by atoms with Crippen molar-refractivity contribution in [3.8, 4) is 0 Å². The Kier molecular flexibility index (Phi) is 3.40. The Morgan fingerprint density at radius 1 is 1.45 bits per heavy atom. The number of anilines is 1. The van der Waals surface area contributed by atoms with E-state index in [9.17, 15) is 0 Å². The van der Waals surface area contributed by atoms with Crippen molar-refractivity contribution in [1.82, 2.24) is 14.8 Å². The molecule has 0 radical (unpaired) electrons. The Balaban J connectivity index is 1.86. The molecule has 5 nitrogen and oxygen atoms in total. The van der Waals surface area contributed by atoms with Crippen molar-refractivity contribution < 1.29 is 4.74 Å². The zero-order valence-electron chi connectivity index (χ0n) is 11.6. The maximum atomic E-state index is 6.00. The zero-order chi connectivity index (χ0) is 14.2. The predicted octanol–water partition coefficient (Wildman–Crippen LogP) is 2.22. The van der Waals surface area contributed by atoms with E-state index in [0.29, 0.717) is 11.8 Å². The van der Waals surface area contributed by atoms with E-state index in [1.165, 1.54) is 0 Å². The molecule has 106 valence electrons. The molecule has 1 unspecified atom stereocenters. The van der Waals surface area contributed by atoms with Crippen LogP contribution in [0.1, 0.15) is 12.5 Å². The summed E-state index contributed by atoms with van der Waals surface area (Å²) in [5.74, 6) is 0. The molecule has 6 heteroatoms. The summed E-state index contributed by atoms with van der Waals surface area (Å²) in [5.41, 5.74) is 1.80. The van der Waals surface area contributed by atoms with Crippen LogP contribution in [0.25, 0.3) is 0 Å². The summed E-state index contributed by atoms with van der Waals surface area (Å²) in [5, 5.41) is 4.75. The Bertz CT molecular complexity index is 615. The first-order valence-electron chi connectivity index (χ1n) is 6.56. The summed E-state index contributed by atoms with van der Waals surface area (Å²) < 4.78 is 7.80. The fourth-order valence-electron chi connectivity index (χ4n) is 2.55. The van der Waals surface area contributed by atoms with E-state index < -0.39 is 0 Å². The molecule has 0 aliphatic carbocycles. The summed E-state index contributed by atoms with van der Waals surface area (Å²) in [6, 6.07) is 3.86. The average Bonchev–Trinajstić information content (AvgIpc) is 2.86. The van der Waals surface area contributed by atoms with Gasteiger partial charge in [0.25, 0.3) is 0 Å². The van der Waals surface area contributed by atoms with E-state index >= 15 is 0 Å². The van der Waals surface area contributed by atoms with E-state index in [1.54, 1.807) is 10.9 Å². The van der Waals surface area contributed by atoms with E-state index in [-0.39, 0.29) is 5.60 Å². The lowest BCUT2D eigenvalue weighted by atomic mass is 9.96. The third-order valence-corrected chi connectivity index (χ3v) is 3.87. The van der Waals surface area contributed by atoms with Gasteiger partial charge in [-0.05, 0) is 19.1 Å². The van der Waals surface area contributed by atoms with Crippen LogP contribution in [0.15, 0.2) is 30.7 Å². The van der Waals surface area contributed by atoms with Gasteiger partial charge in [-0.15, -0.1) is 0 Å². The number of hydrogen-bond donors (Lipinski definition) is 0. The van der Waals surface area contributed by atoms with Crippen molar-refractivity contribution in [1.29, 1.82) is 0 Å². The number of pyridine rings is 1. The number of hydrogen-bond acceptors (Lipinski definition) is 4. The van der Waals surface area contributed by atoms with Crippen molar-refractivity contribution in [3.05, 3.63) is 41.4 Å². The molecular weight excluding hydrogens is 276 g/mol. The van der Waals surface area contributed by atoms with Gasteiger partial charge in [0.2, 0.25) is 0 Å². The van der Waals surface area contributed by atoms with Crippen LogP contribution in [0.5, 0.6) is 0 Å². The van der Waals surface area contributed by atoms with Crippen molar-refractivity contribution >= 4 is 17.3 Å². The molecule has 20 heavy (non-hydrogen) atoms. The van der Waals surface area contributed by atoms with Gasteiger partial charge < -0.3 is 9.64 Å². The minimum Gasteiger partial charge on any atom is -0.367 e. The number of aromatic nitrogens is 3.